The Labute approximate surface area is 162 Å². The maximum absolute atomic E-state index is 12.3. The molecule has 0 spiro atoms. The fourth-order valence-corrected chi connectivity index (χ4v) is 4.91. The van der Waals surface area contributed by atoms with Gasteiger partial charge in [-0.05, 0) is 29.2 Å². The smallest absolute Gasteiger partial charge is 0.238 e. The lowest BCUT2D eigenvalue weighted by atomic mass is 9.98. The van der Waals surface area contributed by atoms with Crippen LogP contribution in [0, 0.1) is 0 Å². The topological polar surface area (TPSA) is 72.0 Å². The second-order valence-corrected chi connectivity index (χ2v) is 9.23. The minimum atomic E-state index is -3.55. The number of aromatic nitrogens is 2. The van der Waals surface area contributed by atoms with Gasteiger partial charge in [0.1, 0.15) is 5.01 Å². The fourth-order valence-electron chi connectivity index (χ4n) is 2.51. The number of nitrogens with one attached hydrogen (secondary N) is 1. The number of rotatable bonds is 7. The molecule has 1 aromatic heterocycles. The molecule has 3 aromatic rings. The monoisotopic (exact) mass is 407 g/mol. The minimum absolute atomic E-state index is 0.139. The number of hydrogen-bond donors (Lipinski definition) is 1. The molecule has 26 heavy (non-hydrogen) atoms. The predicted molar refractivity (Wildman–Crippen MR) is 106 cm³/mol. The van der Waals surface area contributed by atoms with Gasteiger partial charge in [0.2, 0.25) is 15.2 Å². The summed E-state index contributed by atoms with van der Waals surface area (Å²) >= 11 is 7.08. The average molecular weight is 408 g/mol. The molecule has 3 rings (SSSR count). The highest BCUT2D eigenvalue weighted by molar-refractivity contribution is 7.92. The highest BCUT2D eigenvalue weighted by Gasteiger charge is 2.16. The summed E-state index contributed by atoms with van der Waals surface area (Å²) in [5, 5.41) is 9.72. The molecule has 1 N–H and O–H groups in total. The Morgan fingerprint density at radius 1 is 1.08 bits per heavy atom. The van der Waals surface area contributed by atoms with E-state index in [0.29, 0.717) is 17.0 Å². The van der Waals surface area contributed by atoms with Crippen molar-refractivity contribution in [1.82, 2.24) is 10.2 Å². The molecule has 1 unspecified atom stereocenters. The summed E-state index contributed by atoms with van der Waals surface area (Å²) in [4.78, 5) is 0. The van der Waals surface area contributed by atoms with E-state index in [9.17, 15) is 8.42 Å². The lowest BCUT2D eigenvalue weighted by Crippen LogP contribution is -2.14. The van der Waals surface area contributed by atoms with E-state index in [2.05, 4.69) is 34.0 Å². The molecule has 0 fully saturated rings. The van der Waals surface area contributed by atoms with E-state index >= 15 is 0 Å². The second-order valence-electron chi connectivity index (χ2n) is 6.00. The Kier molecular flexibility index (Phi) is 5.90. The molecule has 0 aliphatic carbocycles. The van der Waals surface area contributed by atoms with E-state index in [1.807, 2.05) is 18.2 Å². The summed E-state index contributed by atoms with van der Waals surface area (Å²) in [6, 6.07) is 16.8. The normalized spacial score (nSPS) is 12.7. The van der Waals surface area contributed by atoms with E-state index in [1.165, 1.54) is 16.9 Å². The van der Waals surface area contributed by atoms with Gasteiger partial charge in [-0.3, -0.25) is 4.72 Å². The van der Waals surface area contributed by atoms with Gasteiger partial charge in [-0.2, -0.15) is 0 Å². The van der Waals surface area contributed by atoms with Crippen molar-refractivity contribution >= 4 is 38.1 Å². The van der Waals surface area contributed by atoms with E-state index in [4.69, 9.17) is 11.6 Å². The van der Waals surface area contributed by atoms with Gasteiger partial charge in [-0.1, -0.05) is 72.3 Å². The number of anilines is 1. The molecule has 136 valence electrons. The predicted octanol–water partition coefficient (Wildman–Crippen LogP) is 4.48. The van der Waals surface area contributed by atoms with Gasteiger partial charge in [-0.25, -0.2) is 8.42 Å². The number of sulfonamides is 1. The first-order valence-corrected chi connectivity index (χ1v) is 10.9. The number of benzene rings is 2. The SMILES string of the molecule is CC(Cc1nnc(NS(=O)(=O)Cc2ccc(Cl)cc2)s1)c1ccccc1. The van der Waals surface area contributed by atoms with Crippen LogP contribution in [0.3, 0.4) is 0 Å². The zero-order valence-corrected chi connectivity index (χ0v) is 16.5. The van der Waals surface area contributed by atoms with Crippen LogP contribution >= 0.6 is 22.9 Å². The van der Waals surface area contributed by atoms with Crippen molar-refractivity contribution in [2.45, 2.75) is 25.0 Å². The summed E-state index contributed by atoms with van der Waals surface area (Å²) in [5.74, 6) is 0.141. The Bertz CT molecular complexity index is 958. The van der Waals surface area contributed by atoms with Crippen LogP contribution in [0.4, 0.5) is 5.13 Å². The number of halogens is 1. The van der Waals surface area contributed by atoms with Gasteiger partial charge >= 0.3 is 0 Å². The molecule has 2 aromatic carbocycles. The second kappa shape index (κ2) is 8.16. The molecule has 0 radical (unpaired) electrons. The Morgan fingerprint density at radius 3 is 2.46 bits per heavy atom. The molecule has 8 heteroatoms. The van der Waals surface area contributed by atoms with Crippen molar-refractivity contribution in [3.63, 3.8) is 0 Å². The van der Waals surface area contributed by atoms with Crippen molar-refractivity contribution in [3.05, 3.63) is 75.8 Å². The van der Waals surface area contributed by atoms with Crippen LogP contribution in [0.25, 0.3) is 0 Å². The van der Waals surface area contributed by atoms with Gasteiger partial charge < -0.3 is 0 Å². The molecular formula is C18H18ClN3O2S2. The number of nitrogens with zero attached hydrogens (tertiary/aromatic N) is 2. The summed E-state index contributed by atoms with van der Waals surface area (Å²) in [7, 11) is -3.55. The first kappa shape index (κ1) is 18.8. The van der Waals surface area contributed by atoms with Gasteiger partial charge in [-0.15, -0.1) is 10.2 Å². The zero-order chi connectivity index (χ0) is 18.6. The highest BCUT2D eigenvalue weighted by Crippen LogP contribution is 2.25. The van der Waals surface area contributed by atoms with Crippen LogP contribution in [-0.2, 0) is 22.2 Å². The summed E-state index contributed by atoms with van der Waals surface area (Å²) in [5.41, 5.74) is 1.87. The maximum atomic E-state index is 12.3. The van der Waals surface area contributed by atoms with Crippen LogP contribution in [0.15, 0.2) is 54.6 Å². The minimum Gasteiger partial charge on any atom is -0.257 e. The van der Waals surface area contributed by atoms with Crippen LogP contribution in [0.5, 0.6) is 0 Å². The third kappa shape index (κ3) is 5.27. The third-order valence-corrected chi connectivity index (χ3v) is 6.29. The maximum Gasteiger partial charge on any atom is 0.238 e. The zero-order valence-electron chi connectivity index (χ0n) is 14.1. The summed E-state index contributed by atoms with van der Waals surface area (Å²) in [6.07, 6.45) is 0.709. The Balaban J connectivity index is 1.63. The van der Waals surface area contributed by atoms with E-state index in [0.717, 1.165) is 5.01 Å². The molecule has 1 heterocycles. The van der Waals surface area contributed by atoms with Crippen molar-refractivity contribution in [2.24, 2.45) is 0 Å². The summed E-state index contributed by atoms with van der Waals surface area (Å²) < 4.78 is 27.1. The highest BCUT2D eigenvalue weighted by atomic mass is 35.5. The quantitative estimate of drug-likeness (QED) is 0.626. The standard InChI is InChI=1S/C18H18ClN3O2S2/c1-13(15-5-3-2-4-6-15)11-17-20-21-18(25-17)22-26(23,24)12-14-7-9-16(19)10-8-14/h2-10,13H,11-12H2,1H3,(H,21,22). The average Bonchev–Trinajstić information content (AvgIpc) is 3.03. The Morgan fingerprint density at radius 2 is 1.77 bits per heavy atom. The molecule has 0 bridgehead atoms. The van der Waals surface area contributed by atoms with Crippen LogP contribution in [-0.4, -0.2) is 18.6 Å². The summed E-state index contributed by atoms with van der Waals surface area (Å²) in [6.45, 7) is 2.11. The van der Waals surface area contributed by atoms with Gasteiger partial charge in [0.05, 0.1) is 5.75 Å². The van der Waals surface area contributed by atoms with Crippen molar-refractivity contribution in [3.8, 4) is 0 Å². The van der Waals surface area contributed by atoms with E-state index < -0.39 is 10.0 Å². The lowest BCUT2D eigenvalue weighted by Gasteiger charge is -2.08. The van der Waals surface area contributed by atoms with Gasteiger partial charge in [0, 0.05) is 11.4 Å². The largest absolute Gasteiger partial charge is 0.257 e. The first-order valence-electron chi connectivity index (χ1n) is 8.03. The van der Waals surface area contributed by atoms with Crippen LogP contribution in [0.2, 0.25) is 5.02 Å². The van der Waals surface area contributed by atoms with Crippen molar-refractivity contribution in [2.75, 3.05) is 4.72 Å². The third-order valence-electron chi connectivity index (χ3n) is 3.83. The molecule has 0 saturated heterocycles. The van der Waals surface area contributed by atoms with Crippen molar-refractivity contribution < 1.29 is 8.42 Å². The lowest BCUT2D eigenvalue weighted by molar-refractivity contribution is 0.600. The Hall–Kier alpha value is -1.96. The van der Waals surface area contributed by atoms with Gasteiger partial charge in [0.25, 0.3) is 0 Å². The molecule has 0 saturated carbocycles. The molecule has 0 aliphatic rings. The molecule has 1 atom stereocenters. The molecular weight excluding hydrogens is 390 g/mol. The molecule has 0 amide bonds. The van der Waals surface area contributed by atoms with Crippen molar-refractivity contribution in [1.29, 1.82) is 0 Å². The first-order chi connectivity index (χ1) is 12.4. The van der Waals surface area contributed by atoms with Gasteiger partial charge in [0.15, 0.2) is 0 Å². The molecule has 5 nitrogen and oxygen atoms in total. The number of hydrogen-bond acceptors (Lipinski definition) is 5. The van der Waals surface area contributed by atoms with E-state index in [-0.39, 0.29) is 16.8 Å². The van der Waals surface area contributed by atoms with Crippen LogP contribution in [0.1, 0.15) is 29.0 Å². The van der Waals surface area contributed by atoms with Crippen LogP contribution < -0.4 is 4.72 Å². The van der Waals surface area contributed by atoms with E-state index in [1.54, 1.807) is 24.3 Å². The fraction of sp³-hybridized carbons (Fsp3) is 0.222. The molecule has 0 aliphatic heterocycles.